The molecule has 1 saturated carbocycles. The third kappa shape index (κ3) is 2.96. The van der Waals surface area contributed by atoms with Gasteiger partial charge in [-0.25, -0.2) is 0 Å². The first-order chi connectivity index (χ1) is 11.0. The molecule has 24 heavy (non-hydrogen) atoms. The Morgan fingerprint density at radius 2 is 2.08 bits per heavy atom. The molecule has 1 heterocycles. The summed E-state index contributed by atoms with van der Waals surface area (Å²) in [5.41, 5.74) is -1.70. The fourth-order valence-corrected chi connectivity index (χ4v) is 4.90. The third-order valence-electron chi connectivity index (χ3n) is 4.64. The van der Waals surface area contributed by atoms with E-state index >= 15 is 0 Å². The van der Waals surface area contributed by atoms with Crippen LogP contribution in [0.15, 0.2) is 16.7 Å². The van der Waals surface area contributed by atoms with Gasteiger partial charge in [-0.2, -0.15) is 0 Å². The molecular formula is C17H26O6Si. The summed E-state index contributed by atoms with van der Waals surface area (Å²) < 4.78 is 10.7. The number of carbonyl (C=O) groups is 2. The number of carbonyl (C=O) groups excluding carboxylic acids is 2. The average Bonchev–Trinajstić information content (AvgIpc) is 2.99. The van der Waals surface area contributed by atoms with Crippen LogP contribution in [0.5, 0.6) is 0 Å². The molecule has 0 aromatic carbocycles. The van der Waals surface area contributed by atoms with Gasteiger partial charge in [0.15, 0.2) is 5.78 Å². The van der Waals surface area contributed by atoms with Crippen LogP contribution in [0, 0.1) is 11.8 Å². The van der Waals surface area contributed by atoms with Gasteiger partial charge in [-0.3, -0.25) is 9.59 Å². The summed E-state index contributed by atoms with van der Waals surface area (Å²) in [5.74, 6) is -2.63. The van der Waals surface area contributed by atoms with E-state index in [1.165, 1.54) is 6.26 Å². The van der Waals surface area contributed by atoms with Gasteiger partial charge in [-0.15, -0.1) is 0 Å². The fourth-order valence-electron chi connectivity index (χ4n) is 3.39. The minimum absolute atomic E-state index is 0.127. The van der Waals surface area contributed by atoms with E-state index in [2.05, 4.69) is 0 Å². The lowest BCUT2D eigenvalue weighted by Gasteiger charge is -2.43. The highest BCUT2D eigenvalue weighted by Gasteiger charge is 2.58. The Labute approximate surface area is 142 Å². The van der Waals surface area contributed by atoms with Crippen molar-refractivity contribution >= 4 is 25.2 Å². The Bertz CT molecular complexity index is 631. The maximum atomic E-state index is 12.4. The molecule has 0 radical (unpaired) electrons. The molecular weight excluding hydrogens is 328 g/mol. The maximum absolute atomic E-state index is 12.4. The third-order valence-corrected chi connectivity index (χ3v) is 6.39. The summed E-state index contributed by atoms with van der Waals surface area (Å²) in [4.78, 5) is 24.8. The van der Waals surface area contributed by atoms with E-state index in [0.717, 1.165) is 0 Å². The molecule has 1 aromatic heterocycles. The quantitative estimate of drug-likeness (QED) is 0.622. The molecule has 1 aliphatic carbocycles. The van der Waals surface area contributed by atoms with Crippen LogP contribution < -0.4 is 5.38 Å². The first-order valence-electron chi connectivity index (χ1n) is 8.24. The minimum atomic E-state index is -2.03. The molecule has 0 unspecified atom stereocenters. The first kappa shape index (κ1) is 18.9. The Morgan fingerprint density at radius 1 is 1.46 bits per heavy atom. The number of furan rings is 1. The largest absolute Gasteiger partial charge is 0.474 e. The molecule has 0 spiro atoms. The Balaban J connectivity index is 2.61. The van der Waals surface area contributed by atoms with Crippen molar-refractivity contribution in [1.82, 2.24) is 0 Å². The molecule has 1 aromatic rings. The van der Waals surface area contributed by atoms with Gasteiger partial charge in [-0.05, 0) is 19.4 Å². The summed E-state index contributed by atoms with van der Waals surface area (Å²) in [5, 5.41) is 22.5. The van der Waals surface area contributed by atoms with Crippen molar-refractivity contribution in [2.75, 3.05) is 6.61 Å². The molecule has 1 fully saturated rings. The van der Waals surface area contributed by atoms with Crippen molar-refractivity contribution in [3.05, 3.63) is 17.9 Å². The lowest BCUT2D eigenvalue weighted by molar-refractivity contribution is -0.188. The van der Waals surface area contributed by atoms with Crippen LogP contribution >= 0.6 is 0 Å². The van der Waals surface area contributed by atoms with E-state index in [1.807, 2.05) is 19.6 Å². The number of esters is 1. The van der Waals surface area contributed by atoms with E-state index in [-0.39, 0.29) is 13.0 Å². The van der Waals surface area contributed by atoms with Gasteiger partial charge in [0.05, 0.1) is 24.2 Å². The van der Waals surface area contributed by atoms with Crippen molar-refractivity contribution in [1.29, 1.82) is 0 Å². The van der Waals surface area contributed by atoms with Gasteiger partial charge in [-0.1, -0.05) is 26.6 Å². The molecule has 2 N–H and O–H groups in total. The second-order valence-electron chi connectivity index (χ2n) is 7.49. The van der Waals surface area contributed by atoms with Crippen LogP contribution in [0.1, 0.15) is 25.8 Å². The molecule has 0 amide bonds. The molecule has 0 aliphatic heterocycles. The number of hydrogen-bond donors (Lipinski definition) is 2. The van der Waals surface area contributed by atoms with Gasteiger partial charge in [0.2, 0.25) is 0 Å². The highest BCUT2D eigenvalue weighted by molar-refractivity contribution is 6.88. The Kier molecular flexibility index (Phi) is 5.08. The van der Waals surface area contributed by atoms with Gasteiger partial charge in [0.1, 0.15) is 19.8 Å². The SMILES string of the molecule is CCOC(=O)[C@@H]1C[C@H](C)C(=O)[C@H](O)[C@@]1(O)c1ccoc1[Si](C)(C)C. The predicted molar refractivity (Wildman–Crippen MR) is 90.5 cm³/mol. The van der Waals surface area contributed by atoms with Crippen LogP contribution in [0.4, 0.5) is 0 Å². The highest BCUT2D eigenvalue weighted by atomic mass is 28.3. The first-order valence-corrected chi connectivity index (χ1v) is 11.7. The average molecular weight is 354 g/mol. The maximum Gasteiger partial charge on any atom is 0.312 e. The van der Waals surface area contributed by atoms with Crippen molar-refractivity contribution in [2.45, 2.75) is 51.6 Å². The Hall–Kier alpha value is -1.44. The molecule has 134 valence electrons. The molecule has 2 rings (SSSR count). The normalized spacial score (nSPS) is 31.1. The van der Waals surface area contributed by atoms with Crippen LogP contribution in [-0.4, -0.2) is 42.8 Å². The second kappa shape index (κ2) is 6.46. The zero-order chi connectivity index (χ0) is 18.3. The number of aliphatic hydroxyl groups is 2. The fraction of sp³-hybridized carbons (Fsp3) is 0.647. The van der Waals surface area contributed by atoms with E-state index in [0.29, 0.717) is 10.9 Å². The van der Waals surface area contributed by atoms with Gasteiger partial charge in [0.25, 0.3) is 0 Å². The van der Waals surface area contributed by atoms with Crippen molar-refractivity contribution in [3.63, 3.8) is 0 Å². The predicted octanol–water partition coefficient (Wildman–Crippen LogP) is 1.16. The summed E-state index contributed by atoms with van der Waals surface area (Å²) in [6.45, 7) is 9.56. The molecule has 6 nitrogen and oxygen atoms in total. The summed E-state index contributed by atoms with van der Waals surface area (Å²) in [6.07, 6.45) is -0.136. The number of rotatable bonds is 4. The Morgan fingerprint density at radius 3 is 2.62 bits per heavy atom. The monoisotopic (exact) mass is 354 g/mol. The van der Waals surface area contributed by atoms with Crippen LogP contribution in [0.2, 0.25) is 19.6 Å². The summed E-state index contributed by atoms with van der Waals surface area (Å²) in [7, 11) is -2.01. The molecule has 0 saturated heterocycles. The highest BCUT2D eigenvalue weighted by Crippen LogP contribution is 2.43. The van der Waals surface area contributed by atoms with E-state index in [4.69, 9.17) is 9.15 Å². The van der Waals surface area contributed by atoms with Crippen molar-refractivity contribution in [3.8, 4) is 0 Å². The standard InChI is InChI=1S/C17H26O6Si/c1-6-22-15(20)12-9-10(2)13(18)14(19)17(12,21)11-7-8-23-16(11)24(3,4)5/h7-8,10,12,14,19,21H,6,9H2,1-5H3/t10-,12-,14-,17+/m0/s1. The van der Waals surface area contributed by atoms with Gasteiger partial charge >= 0.3 is 5.97 Å². The number of ether oxygens (including phenoxy) is 1. The number of Topliss-reactive ketones (excluding diaryl/α,β-unsaturated/α-hetero) is 1. The van der Waals surface area contributed by atoms with E-state index < -0.39 is 43.4 Å². The molecule has 0 bridgehead atoms. The zero-order valence-electron chi connectivity index (χ0n) is 14.8. The lowest BCUT2D eigenvalue weighted by atomic mass is 9.66. The van der Waals surface area contributed by atoms with Crippen LogP contribution in [-0.2, 0) is 19.9 Å². The number of aliphatic hydroxyl groups excluding tert-OH is 1. The van der Waals surface area contributed by atoms with Crippen molar-refractivity contribution in [2.24, 2.45) is 11.8 Å². The zero-order valence-corrected chi connectivity index (χ0v) is 15.8. The number of hydrogen-bond acceptors (Lipinski definition) is 6. The van der Waals surface area contributed by atoms with Crippen molar-refractivity contribution < 1.29 is 29.0 Å². The van der Waals surface area contributed by atoms with Gasteiger partial charge < -0.3 is 19.4 Å². The van der Waals surface area contributed by atoms with Crippen LogP contribution in [0.3, 0.4) is 0 Å². The molecule has 4 atom stereocenters. The van der Waals surface area contributed by atoms with E-state index in [1.54, 1.807) is 19.9 Å². The molecule has 1 aliphatic rings. The van der Waals surface area contributed by atoms with E-state index in [9.17, 15) is 19.8 Å². The molecule has 7 heteroatoms. The summed E-state index contributed by atoms with van der Waals surface area (Å²) in [6, 6.07) is 1.55. The smallest absolute Gasteiger partial charge is 0.312 e. The lowest BCUT2D eigenvalue weighted by Crippen LogP contribution is -2.60. The topological polar surface area (TPSA) is 97.0 Å². The number of ketones is 1. The van der Waals surface area contributed by atoms with Crippen LogP contribution in [0.25, 0.3) is 0 Å². The second-order valence-corrected chi connectivity index (χ2v) is 12.4. The minimum Gasteiger partial charge on any atom is -0.474 e. The van der Waals surface area contributed by atoms with Gasteiger partial charge in [0, 0.05) is 11.5 Å². The summed E-state index contributed by atoms with van der Waals surface area (Å²) >= 11 is 0.